The lowest BCUT2D eigenvalue weighted by Crippen LogP contribution is -2.34. The van der Waals surface area contributed by atoms with E-state index in [1.807, 2.05) is 37.3 Å². The second kappa shape index (κ2) is 5.28. The largest absolute Gasteiger partial charge is 0.485 e. The lowest BCUT2D eigenvalue weighted by molar-refractivity contribution is 0.118. The highest BCUT2D eigenvalue weighted by atomic mass is 16.5. The summed E-state index contributed by atoms with van der Waals surface area (Å²) in [7, 11) is 0. The van der Waals surface area contributed by atoms with Gasteiger partial charge >= 0.3 is 0 Å². The third-order valence-corrected chi connectivity index (χ3v) is 3.64. The molecule has 0 amide bonds. The van der Waals surface area contributed by atoms with Crippen LogP contribution >= 0.6 is 0 Å². The van der Waals surface area contributed by atoms with Crippen LogP contribution in [0.3, 0.4) is 0 Å². The van der Waals surface area contributed by atoms with Gasteiger partial charge in [0.25, 0.3) is 0 Å². The molecule has 4 nitrogen and oxygen atoms in total. The second-order valence-electron chi connectivity index (χ2n) is 5.64. The number of benzene rings is 1. The van der Waals surface area contributed by atoms with E-state index in [1.165, 1.54) is 5.56 Å². The van der Waals surface area contributed by atoms with Gasteiger partial charge in [-0.05, 0) is 32.9 Å². The molecule has 110 valence electrons. The Labute approximate surface area is 125 Å². The molecule has 0 radical (unpaired) electrons. The summed E-state index contributed by atoms with van der Waals surface area (Å²) in [5.41, 5.74) is 1.83. The molecule has 0 fully saturated rings. The van der Waals surface area contributed by atoms with E-state index in [1.54, 1.807) is 6.20 Å². The first-order chi connectivity index (χ1) is 10.1. The predicted molar refractivity (Wildman–Crippen MR) is 82.9 cm³/mol. The first-order valence-electron chi connectivity index (χ1n) is 7.23. The average Bonchev–Trinajstić information content (AvgIpc) is 2.72. The van der Waals surface area contributed by atoms with Gasteiger partial charge in [0, 0.05) is 11.6 Å². The van der Waals surface area contributed by atoms with Crippen molar-refractivity contribution in [1.82, 2.24) is 4.98 Å². The number of ether oxygens (including phenoxy) is 2. The minimum atomic E-state index is -0.303. The number of nitrogens with one attached hydrogen (secondary N) is 1. The van der Waals surface area contributed by atoms with Gasteiger partial charge in [0.15, 0.2) is 0 Å². The van der Waals surface area contributed by atoms with E-state index in [0.29, 0.717) is 12.5 Å². The molecule has 0 aliphatic carbocycles. The molecule has 1 atom stereocenters. The van der Waals surface area contributed by atoms with Crippen LogP contribution in [0.5, 0.6) is 11.6 Å². The van der Waals surface area contributed by atoms with Gasteiger partial charge in [-0.3, -0.25) is 0 Å². The zero-order chi connectivity index (χ0) is 14.9. The average molecular weight is 284 g/mol. The van der Waals surface area contributed by atoms with Crippen LogP contribution in [0.1, 0.15) is 32.4 Å². The van der Waals surface area contributed by atoms with Crippen LogP contribution in [0, 0.1) is 0 Å². The lowest BCUT2D eigenvalue weighted by Gasteiger charge is -2.28. The maximum atomic E-state index is 6.03. The second-order valence-corrected chi connectivity index (χ2v) is 5.64. The van der Waals surface area contributed by atoms with Crippen molar-refractivity contribution in [3.63, 3.8) is 0 Å². The predicted octanol–water partition coefficient (Wildman–Crippen LogP) is 3.80. The number of para-hydroxylation sites is 1. The van der Waals surface area contributed by atoms with E-state index in [4.69, 9.17) is 9.47 Å². The van der Waals surface area contributed by atoms with Crippen LogP contribution in [0.25, 0.3) is 0 Å². The van der Waals surface area contributed by atoms with E-state index < -0.39 is 0 Å². The van der Waals surface area contributed by atoms with Crippen molar-refractivity contribution >= 4 is 5.69 Å². The Balaban J connectivity index is 1.83. The van der Waals surface area contributed by atoms with Gasteiger partial charge in [0.1, 0.15) is 11.4 Å². The van der Waals surface area contributed by atoms with Crippen molar-refractivity contribution in [2.75, 3.05) is 11.9 Å². The van der Waals surface area contributed by atoms with Gasteiger partial charge in [0.05, 0.1) is 24.5 Å². The number of nitrogens with zero attached hydrogens (tertiary/aromatic N) is 1. The summed E-state index contributed by atoms with van der Waals surface area (Å²) < 4.78 is 11.4. The minimum absolute atomic E-state index is 0.0912. The van der Waals surface area contributed by atoms with E-state index in [9.17, 15) is 0 Å². The summed E-state index contributed by atoms with van der Waals surface area (Å²) in [6.45, 7) is 6.75. The van der Waals surface area contributed by atoms with Crippen molar-refractivity contribution in [2.24, 2.45) is 0 Å². The molecule has 4 heteroatoms. The number of hydrogen-bond acceptors (Lipinski definition) is 4. The molecule has 0 spiro atoms. The highest BCUT2D eigenvalue weighted by Gasteiger charge is 2.40. The summed E-state index contributed by atoms with van der Waals surface area (Å²) in [6.07, 6.45) is 1.79. The standard InChI is InChI=1S/C17H20N2O2/c1-4-20-15-10-9-12(11-18-15)19-16-13-7-5-6-8-14(13)21-17(16,2)3/h5-11,16,19H,4H2,1-3H3. The Hall–Kier alpha value is -2.23. The Kier molecular flexibility index (Phi) is 3.45. The summed E-state index contributed by atoms with van der Waals surface area (Å²) >= 11 is 0. The van der Waals surface area contributed by atoms with Gasteiger partial charge < -0.3 is 14.8 Å². The number of pyridine rings is 1. The van der Waals surface area contributed by atoms with Crippen LogP contribution < -0.4 is 14.8 Å². The molecule has 0 saturated carbocycles. The molecule has 0 saturated heterocycles. The molecule has 1 aromatic carbocycles. The van der Waals surface area contributed by atoms with E-state index in [2.05, 4.69) is 30.2 Å². The minimum Gasteiger partial charge on any atom is -0.485 e. The van der Waals surface area contributed by atoms with Crippen LogP contribution in [-0.2, 0) is 0 Å². The molecule has 2 aromatic rings. The molecule has 2 heterocycles. The zero-order valence-electron chi connectivity index (χ0n) is 12.6. The molecule has 0 bridgehead atoms. The molecule has 1 unspecified atom stereocenters. The molecular formula is C17H20N2O2. The maximum Gasteiger partial charge on any atom is 0.213 e. The summed E-state index contributed by atoms with van der Waals surface area (Å²) in [6, 6.07) is 12.1. The van der Waals surface area contributed by atoms with E-state index >= 15 is 0 Å². The first-order valence-corrected chi connectivity index (χ1v) is 7.23. The van der Waals surface area contributed by atoms with Gasteiger partial charge in [0.2, 0.25) is 5.88 Å². The highest BCUT2D eigenvalue weighted by molar-refractivity contribution is 5.51. The monoisotopic (exact) mass is 284 g/mol. The Bertz CT molecular complexity index is 623. The first kappa shape index (κ1) is 13.7. The fourth-order valence-corrected chi connectivity index (χ4v) is 2.65. The Morgan fingerprint density at radius 1 is 1.24 bits per heavy atom. The van der Waals surface area contributed by atoms with Crippen molar-refractivity contribution in [3.8, 4) is 11.6 Å². The molecular weight excluding hydrogens is 264 g/mol. The van der Waals surface area contributed by atoms with Gasteiger partial charge in [-0.1, -0.05) is 18.2 Å². The van der Waals surface area contributed by atoms with Crippen LogP contribution in [0.4, 0.5) is 5.69 Å². The van der Waals surface area contributed by atoms with Crippen molar-refractivity contribution in [1.29, 1.82) is 0 Å². The molecule has 3 rings (SSSR count). The number of anilines is 1. The molecule has 1 aromatic heterocycles. The fraction of sp³-hybridized carbons (Fsp3) is 0.353. The summed E-state index contributed by atoms with van der Waals surface area (Å²) in [4.78, 5) is 4.29. The molecule has 1 N–H and O–H groups in total. The van der Waals surface area contributed by atoms with Crippen LogP contribution in [-0.4, -0.2) is 17.2 Å². The lowest BCUT2D eigenvalue weighted by atomic mass is 9.94. The molecule has 1 aliphatic heterocycles. The van der Waals surface area contributed by atoms with Gasteiger partial charge in [-0.2, -0.15) is 0 Å². The van der Waals surface area contributed by atoms with Crippen molar-refractivity contribution in [2.45, 2.75) is 32.4 Å². The number of aromatic nitrogens is 1. The summed E-state index contributed by atoms with van der Waals surface area (Å²) in [5.74, 6) is 1.59. The summed E-state index contributed by atoms with van der Waals surface area (Å²) in [5, 5.41) is 3.51. The van der Waals surface area contributed by atoms with Crippen LogP contribution in [0.15, 0.2) is 42.6 Å². The Morgan fingerprint density at radius 2 is 2.05 bits per heavy atom. The van der Waals surface area contributed by atoms with E-state index in [0.717, 1.165) is 11.4 Å². The zero-order valence-corrected chi connectivity index (χ0v) is 12.6. The van der Waals surface area contributed by atoms with Gasteiger partial charge in [-0.25, -0.2) is 4.98 Å². The topological polar surface area (TPSA) is 43.4 Å². The molecule has 1 aliphatic rings. The quantitative estimate of drug-likeness (QED) is 0.927. The number of hydrogen-bond donors (Lipinski definition) is 1. The SMILES string of the molecule is CCOc1ccc(NC2c3ccccc3OC2(C)C)cn1. The number of rotatable bonds is 4. The van der Waals surface area contributed by atoms with E-state index in [-0.39, 0.29) is 11.6 Å². The van der Waals surface area contributed by atoms with Crippen LogP contribution in [0.2, 0.25) is 0 Å². The third-order valence-electron chi connectivity index (χ3n) is 3.64. The maximum absolute atomic E-state index is 6.03. The normalized spacial score (nSPS) is 18.7. The Morgan fingerprint density at radius 3 is 2.76 bits per heavy atom. The number of fused-ring (bicyclic) bond motifs is 1. The fourth-order valence-electron chi connectivity index (χ4n) is 2.65. The smallest absolute Gasteiger partial charge is 0.213 e. The van der Waals surface area contributed by atoms with Crippen molar-refractivity contribution in [3.05, 3.63) is 48.2 Å². The highest BCUT2D eigenvalue weighted by Crippen LogP contribution is 2.44. The third kappa shape index (κ3) is 2.66. The molecule has 21 heavy (non-hydrogen) atoms. The van der Waals surface area contributed by atoms with Gasteiger partial charge in [-0.15, -0.1) is 0 Å². The van der Waals surface area contributed by atoms with Crippen molar-refractivity contribution < 1.29 is 9.47 Å².